The summed E-state index contributed by atoms with van der Waals surface area (Å²) in [6, 6.07) is -0.288. The number of ether oxygens (including phenoxy) is 1. The summed E-state index contributed by atoms with van der Waals surface area (Å²) in [7, 11) is 1.67. The molecule has 0 unspecified atom stereocenters. The van der Waals surface area contributed by atoms with Crippen LogP contribution in [0.3, 0.4) is 0 Å². The average molecular weight is 299 g/mol. The fourth-order valence-corrected chi connectivity index (χ4v) is 2.62. The van der Waals surface area contributed by atoms with Gasteiger partial charge in [-0.1, -0.05) is 6.92 Å². The van der Waals surface area contributed by atoms with E-state index in [9.17, 15) is 4.79 Å². The fourth-order valence-electron chi connectivity index (χ4n) is 1.62. The van der Waals surface area contributed by atoms with Gasteiger partial charge in [0.15, 0.2) is 4.80 Å². The molecule has 5 nitrogen and oxygen atoms in total. The van der Waals surface area contributed by atoms with E-state index in [0.717, 1.165) is 16.9 Å². The molecule has 0 fully saturated rings. The molecule has 0 aliphatic carbocycles. The molecule has 114 valence electrons. The molecule has 0 saturated heterocycles. The largest absolute Gasteiger partial charge is 0.383 e. The fraction of sp³-hybridized carbons (Fsp3) is 0.714. The van der Waals surface area contributed by atoms with E-state index in [1.165, 1.54) is 16.2 Å². The number of nitrogens with one attached hydrogen (secondary N) is 1. The molecule has 0 aliphatic rings. The van der Waals surface area contributed by atoms with Crippen molar-refractivity contribution < 1.29 is 9.53 Å². The second-order valence-corrected chi connectivity index (χ2v) is 6.63. The van der Waals surface area contributed by atoms with Crippen LogP contribution in [0.4, 0.5) is 4.79 Å². The minimum atomic E-state index is -0.288. The number of aromatic nitrogens is 1. The molecule has 0 atom stereocenters. The predicted octanol–water partition coefficient (Wildman–Crippen LogP) is 2.61. The number of hydrogen-bond acceptors (Lipinski definition) is 3. The van der Waals surface area contributed by atoms with Gasteiger partial charge in [0.2, 0.25) is 0 Å². The molecule has 2 amide bonds. The van der Waals surface area contributed by atoms with Gasteiger partial charge in [0.25, 0.3) is 0 Å². The van der Waals surface area contributed by atoms with E-state index >= 15 is 0 Å². The Hall–Kier alpha value is -1.14. The molecule has 6 heteroatoms. The number of carbonyl (C=O) groups excluding carboxylic acids is 1. The van der Waals surface area contributed by atoms with Gasteiger partial charge >= 0.3 is 6.03 Å². The summed E-state index contributed by atoms with van der Waals surface area (Å²) in [5, 5.41) is 2.92. The highest BCUT2D eigenvalue weighted by Gasteiger charge is 2.17. The Bertz CT molecular complexity index is 529. The van der Waals surface area contributed by atoms with Gasteiger partial charge in [0.1, 0.15) is 0 Å². The van der Waals surface area contributed by atoms with E-state index in [4.69, 9.17) is 4.74 Å². The van der Waals surface area contributed by atoms with Crippen molar-refractivity contribution in [3.05, 3.63) is 15.4 Å². The van der Waals surface area contributed by atoms with Crippen LogP contribution in [0.15, 0.2) is 4.99 Å². The van der Waals surface area contributed by atoms with Crippen molar-refractivity contribution in [1.29, 1.82) is 0 Å². The zero-order valence-electron chi connectivity index (χ0n) is 13.2. The van der Waals surface area contributed by atoms with Crippen molar-refractivity contribution in [2.75, 3.05) is 13.7 Å². The first-order valence-corrected chi connectivity index (χ1v) is 7.65. The first kappa shape index (κ1) is 16.9. The number of hydrogen-bond donors (Lipinski definition) is 1. The number of nitrogens with zero attached hydrogens (tertiary/aromatic N) is 2. The summed E-state index contributed by atoms with van der Waals surface area (Å²) in [5.41, 5.74) is 0.896. The van der Waals surface area contributed by atoms with Crippen LogP contribution in [0.25, 0.3) is 0 Å². The molecule has 1 aromatic rings. The van der Waals surface area contributed by atoms with Gasteiger partial charge in [-0.3, -0.25) is 0 Å². The maximum absolute atomic E-state index is 12.0. The highest BCUT2D eigenvalue weighted by Crippen LogP contribution is 2.10. The van der Waals surface area contributed by atoms with Gasteiger partial charge in [-0.05, 0) is 34.1 Å². The molecule has 0 aliphatic heterocycles. The lowest BCUT2D eigenvalue weighted by atomic mass is 10.0. The van der Waals surface area contributed by atoms with Crippen LogP contribution in [-0.4, -0.2) is 29.9 Å². The first-order valence-electron chi connectivity index (χ1n) is 6.83. The van der Waals surface area contributed by atoms with E-state index in [1.54, 1.807) is 7.11 Å². The third-order valence-corrected chi connectivity index (χ3v) is 4.53. The molecule has 1 N–H and O–H groups in total. The van der Waals surface area contributed by atoms with Gasteiger partial charge in [0.05, 0.1) is 6.61 Å². The van der Waals surface area contributed by atoms with E-state index in [2.05, 4.69) is 10.3 Å². The number of aryl methyl sites for hydroxylation is 1. The van der Waals surface area contributed by atoms with Crippen LogP contribution in [0, 0.1) is 13.8 Å². The zero-order valence-corrected chi connectivity index (χ0v) is 14.1. The molecule has 1 rings (SSSR count). The monoisotopic (exact) mass is 299 g/mol. The van der Waals surface area contributed by atoms with Gasteiger partial charge < -0.3 is 14.6 Å². The lowest BCUT2D eigenvalue weighted by Crippen LogP contribution is -2.42. The summed E-state index contributed by atoms with van der Waals surface area (Å²) in [6.07, 6.45) is 0.862. The Morgan fingerprint density at radius 2 is 2.10 bits per heavy atom. The Balaban J connectivity index is 3.03. The SMILES string of the molecule is CCC(C)(C)NC(=O)/N=c1\sc(C)c(C)n1CCOC. The maximum atomic E-state index is 12.0. The Labute approximate surface area is 124 Å². The predicted molar refractivity (Wildman–Crippen MR) is 82.1 cm³/mol. The third-order valence-electron chi connectivity index (χ3n) is 3.44. The van der Waals surface area contributed by atoms with Crippen LogP contribution in [0.5, 0.6) is 0 Å². The van der Waals surface area contributed by atoms with Gasteiger partial charge in [-0.25, -0.2) is 4.79 Å². The highest BCUT2D eigenvalue weighted by molar-refractivity contribution is 7.09. The van der Waals surface area contributed by atoms with E-state index in [0.29, 0.717) is 13.2 Å². The summed E-state index contributed by atoms with van der Waals surface area (Å²) in [4.78, 5) is 18.1. The van der Waals surface area contributed by atoms with Crippen LogP contribution in [-0.2, 0) is 11.3 Å². The number of urea groups is 1. The molecule has 1 aromatic heterocycles. The van der Waals surface area contributed by atoms with Crippen LogP contribution in [0.2, 0.25) is 0 Å². The van der Waals surface area contributed by atoms with Crippen LogP contribution in [0.1, 0.15) is 37.8 Å². The Morgan fingerprint density at radius 3 is 2.65 bits per heavy atom. The van der Waals surface area contributed by atoms with Gasteiger partial charge in [-0.15, -0.1) is 11.3 Å². The van der Waals surface area contributed by atoms with Crippen molar-refractivity contribution >= 4 is 17.4 Å². The number of carbonyl (C=O) groups is 1. The third kappa shape index (κ3) is 4.45. The quantitative estimate of drug-likeness (QED) is 0.908. The summed E-state index contributed by atoms with van der Waals surface area (Å²) in [6.45, 7) is 11.4. The van der Waals surface area contributed by atoms with Crippen molar-refractivity contribution in [3.8, 4) is 0 Å². The topological polar surface area (TPSA) is 55.6 Å². The molecule has 0 aromatic carbocycles. The summed E-state index contributed by atoms with van der Waals surface area (Å²) >= 11 is 1.53. The van der Waals surface area contributed by atoms with E-state index in [1.807, 2.05) is 39.2 Å². The molecular weight excluding hydrogens is 274 g/mol. The molecule has 0 saturated carbocycles. The molecule has 0 bridgehead atoms. The second-order valence-electron chi connectivity index (χ2n) is 5.45. The molecule has 0 spiro atoms. The van der Waals surface area contributed by atoms with Crippen molar-refractivity contribution in [2.45, 2.75) is 53.1 Å². The summed E-state index contributed by atoms with van der Waals surface area (Å²) in [5.74, 6) is 0. The lowest BCUT2D eigenvalue weighted by Gasteiger charge is -2.22. The standard InChI is InChI=1S/C14H25N3O2S/c1-7-14(4,5)16-12(18)15-13-17(8-9-19-6)10(2)11(3)20-13/h7-9H2,1-6H3,(H,16,18)/b15-13-. The van der Waals surface area contributed by atoms with Crippen molar-refractivity contribution in [1.82, 2.24) is 9.88 Å². The van der Waals surface area contributed by atoms with Crippen molar-refractivity contribution in [2.24, 2.45) is 4.99 Å². The molecule has 20 heavy (non-hydrogen) atoms. The van der Waals surface area contributed by atoms with Crippen molar-refractivity contribution in [3.63, 3.8) is 0 Å². The number of methoxy groups -OCH3 is 1. The van der Waals surface area contributed by atoms with Crippen LogP contribution >= 0.6 is 11.3 Å². The molecule has 1 heterocycles. The first-order chi connectivity index (χ1) is 9.30. The van der Waals surface area contributed by atoms with E-state index in [-0.39, 0.29) is 11.6 Å². The van der Waals surface area contributed by atoms with E-state index < -0.39 is 0 Å². The van der Waals surface area contributed by atoms with Gasteiger partial charge in [0, 0.05) is 29.8 Å². The molecule has 0 radical (unpaired) electrons. The Morgan fingerprint density at radius 1 is 1.45 bits per heavy atom. The summed E-state index contributed by atoms with van der Waals surface area (Å²) < 4.78 is 7.14. The normalized spacial score (nSPS) is 12.8. The number of rotatable bonds is 5. The van der Waals surface area contributed by atoms with Gasteiger partial charge in [-0.2, -0.15) is 4.99 Å². The Kier molecular flexibility index (Phi) is 5.95. The second kappa shape index (κ2) is 7.04. The average Bonchev–Trinajstić information content (AvgIpc) is 2.62. The number of thiazole rings is 1. The minimum absolute atomic E-state index is 0.237. The smallest absolute Gasteiger partial charge is 0.344 e. The lowest BCUT2D eigenvalue weighted by molar-refractivity contribution is 0.185. The zero-order chi connectivity index (χ0) is 15.3. The number of amides is 2. The highest BCUT2D eigenvalue weighted by atomic mass is 32.1. The minimum Gasteiger partial charge on any atom is -0.383 e. The maximum Gasteiger partial charge on any atom is 0.344 e. The van der Waals surface area contributed by atoms with Crippen LogP contribution < -0.4 is 10.1 Å². The molecular formula is C14H25N3O2S.